The third-order valence-electron chi connectivity index (χ3n) is 4.22. The molecule has 142 valence electrons. The van der Waals surface area contributed by atoms with E-state index in [1.54, 1.807) is 24.3 Å². The number of benzene rings is 2. The van der Waals surface area contributed by atoms with Gasteiger partial charge in [-0.1, -0.05) is 48.1 Å². The van der Waals surface area contributed by atoms with E-state index in [1.165, 1.54) is 11.3 Å². The second-order valence-corrected chi connectivity index (χ2v) is 9.51. The van der Waals surface area contributed by atoms with Gasteiger partial charge in [0.2, 0.25) is 5.91 Å². The number of rotatable bonds is 6. The summed E-state index contributed by atoms with van der Waals surface area (Å²) >= 11 is 1.45. The average molecular weight is 403 g/mol. The van der Waals surface area contributed by atoms with Crippen molar-refractivity contribution in [2.45, 2.75) is 38.1 Å². The molecule has 0 radical (unpaired) electrons. The highest BCUT2D eigenvalue weighted by Gasteiger charge is 2.16. The first kappa shape index (κ1) is 19.5. The fraction of sp³-hybridized carbons (Fsp3) is 0.300. The lowest BCUT2D eigenvalue weighted by atomic mass is 10.2. The number of hydrogen-bond acceptors (Lipinski definition) is 4. The van der Waals surface area contributed by atoms with Crippen molar-refractivity contribution in [2.24, 2.45) is 4.99 Å². The van der Waals surface area contributed by atoms with Crippen molar-refractivity contribution in [3.63, 3.8) is 0 Å². The van der Waals surface area contributed by atoms with E-state index >= 15 is 0 Å². The summed E-state index contributed by atoms with van der Waals surface area (Å²) in [6.07, 6.45) is 0.792. The molecule has 5 nitrogen and oxygen atoms in total. The normalized spacial score (nSPS) is 12.6. The molecule has 27 heavy (non-hydrogen) atoms. The van der Waals surface area contributed by atoms with Crippen molar-refractivity contribution in [2.75, 3.05) is 5.75 Å². The van der Waals surface area contributed by atoms with E-state index in [0.29, 0.717) is 4.80 Å². The molecule has 0 bridgehead atoms. The van der Waals surface area contributed by atoms with Crippen LogP contribution in [0.2, 0.25) is 0 Å². The molecule has 0 spiro atoms. The number of carbonyl (C=O) groups is 1. The molecule has 3 aromatic rings. The van der Waals surface area contributed by atoms with Gasteiger partial charge in [-0.2, -0.15) is 4.99 Å². The minimum atomic E-state index is -3.49. The quantitative estimate of drug-likeness (QED) is 0.631. The van der Waals surface area contributed by atoms with Gasteiger partial charge in [-0.15, -0.1) is 0 Å². The minimum absolute atomic E-state index is 0.128. The van der Waals surface area contributed by atoms with E-state index < -0.39 is 15.7 Å². The molecule has 0 unspecified atom stereocenters. The summed E-state index contributed by atoms with van der Waals surface area (Å²) in [5.74, 6) is -0.654. The molecule has 1 amide bonds. The molecule has 0 N–H and O–H groups in total. The van der Waals surface area contributed by atoms with E-state index in [9.17, 15) is 13.2 Å². The second-order valence-electron chi connectivity index (χ2n) is 6.39. The van der Waals surface area contributed by atoms with E-state index in [1.807, 2.05) is 35.8 Å². The summed E-state index contributed by atoms with van der Waals surface area (Å²) in [5.41, 5.74) is 2.04. The molecule has 0 saturated heterocycles. The maximum Gasteiger partial charge on any atom is 0.249 e. The Kier molecular flexibility index (Phi) is 5.92. The molecule has 0 aliphatic carbocycles. The van der Waals surface area contributed by atoms with Crippen LogP contribution in [0.25, 0.3) is 10.2 Å². The van der Waals surface area contributed by atoms with Crippen LogP contribution in [0, 0.1) is 6.92 Å². The third kappa shape index (κ3) is 4.54. The van der Waals surface area contributed by atoms with Crippen LogP contribution in [0.4, 0.5) is 0 Å². The van der Waals surface area contributed by atoms with Crippen molar-refractivity contribution in [1.82, 2.24) is 4.57 Å². The number of hydrogen-bond donors (Lipinski definition) is 0. The summed E-state index contributed by atoms with van der Waals surface area (Å²) in [4.78, 5) is 17.4. The number of nitrogens with zero attached hydrogens (tertiary/aromatic N) is 2. The standard InChI is InChI=1S/C20H22N2O3S2/c1-3-13-22-17-6-4-5-7-18(17)26-20(22)21-19(23)12-14-27(24,25)16-10-8-15(2)9-11-16/h4-11H,3,12-14H2,1-2H3. The largest absolute Gasteiger partial charge is 0.316 e. The van der Waals surface area contributed by atoms with Crippen LogP contribution < -0.4 is 4.80 Å². The Morgan fingerprint density at radius 2 is 1.81 bits per heavy atom. The SMILES string of the molecule is CCCn1c(=NC(=O)CCS(=O)(=O)c2ccc(C)cc2)sc2ccccc21. The van der Waals surface area contributed by atoms with Crippen molar-refractivity contribution in [1.29, 1.82) is 0 Å². The van der Waals surface area contributed by atoms with Gasteiger partial charge >= 0.3 is 0 Å². The van der Waals surface area contributed by atoms with Crippen LogP contribution in [-0.2, 0) is 21.2 Å². The molecule has 0 aliphatic rings. The zero-order valence-electron chi connectivity index (χ0n) is 15.4. The maximum absolute atomic E-state index is 12.4. The number of carbonyl (C=O) groups excluding carboxylic acids is 1. The van der Waals surface area contributed by atoms with Gasteiger partial charge in [-0.3, -0.25) is 4.79 Å². The fourth-order valence-electron chi connectivity index (χ4n) is 2.79. The molecule has 1 aromatic heterocycles. The summed E-state index contributed by atoms with van der Waals surface area (Å²) in [6.45, 7) is 4.73. The summed E-state index contributed by atoms with van der Waals surface area (Å²) in [7, 11) is -3.49. The van der Waals surface area contributed by atoms with E-state index in [4.69, 9.17) is 0 Å². The number of sulfone groups is 1. The smallest absolute Gasteiger partial charge is 0.249 e. The molecule has 2 aromatic carbocycles. The molecular weight excluding hydrogens is 380 g/mol. The molecular formula is C20H22N2O3S2. The van der Waals surface area contributed by atoms with Gasteiger partial charge in [0, 0.05) is 13.0 Å². The van der Waals surface area contributed by atoms with Crippen LogP contribution in [0.3, 0.4) is 0 Å². The molecule has 1 heterocycles. The Morgan fingerprint density at radius 1 is 1.11 bits per heavy atom. The van der Waals surface area contributed by atoms with Crippen molar-refractivity contribution in [3.8, 4) is 0 Å². The first-order chi connectivity index (χ1) is 12.9. The lowest BCUT2D eigenvalue weighted by molar-refractivity contribution is -0.117. The zero-order chi connectivity index (χ0) is 19.4. The number of fused-ring (bicyclic) bond motifs is 1. The monoisotopic (exact) mass is 402 g/mol. The van der Waals surface area contributed by atoms with Crippen LogP contribution in [0.15, 0.2) is 58.4 Å². The highest BCUT2D eigenvalue weighted by Crippen LogP contribution is 2.17. The van der Waals surface area contributed by atoms with Gasteiger partial charge in [0.25, 0.3) is 0 Å². The topological polar surface area (TPSA) is 68.5 Å². The fourth-order valence-corrected chi connectivity index (χ4v) is 5.10. The minimum Gasteiger partial charge on any atom is -0.316 e. The van der Waals surface area contributed by atoms with Crippen molar-refractivity contribution < 1.29 is 13.2 Å². The lowest BCUT2D eigenvalue weighted by Gasteiger charge is -2.04. The molecule has 0 atom stereocenters. The van der Waals surface area contributed by atoms with Crippen molar-refractivity contribution in [3.05, 3.63) is 58.9 Å². The Labute approximate surface area is 162 Å². The highest BCUT2D eigenvalue weighted by molar-refractivity contribution is 7.91. The van der Waals surface area contributed by atoms with E-state index in [0.717, 1.165) is 28.7 Å². The molecule has 0 fully saturated rings. The number of thiazole rings is 1. The predicted molar refractivity (Wildman–Crippen MR) is 109 cm³/mol. The number of amides is 1. The van der Waals surface area contributed by atoms with Crippen LogP contribution >= 0.6 is 11.3 Å². The van der Waals surface area contributed by atoms with Gasteiger partial charge in [0.05, 0.1) is 20.9 Å². The number of para-hydroxylation sites is 1. The third-order valence-corrected chi connectivity index (χ3v) is 7.01. The Bertz CT molecular complexity index is 1120. The maximum atomic E-state index is 12.4. The van der Waals surface area contributed by atoms with E-state index in [2.05, 4.69) is 11.9 Å². The zero-order valence-corrected chi connectivity index (χ0v) is 17.0. The molecule has 3 rings (SSSR count). The number of aromatic nitrogens is 1. The van der Waals surface area contributed by atoms with Gasteiger partial charge in [-0.25, -0.2) is 8.42 Å². The van der Waals surface area contributed by atoms with Gasteiger partial charge in [-0.05, 0) is 37.6 Å². The molecule has 0 saturated carbocycles. The predicted octanol–water partition coefficient (Wildman–Crippen LogP) is 3.71. The highest BCUT2D eigenvalue weighted by atomic mass is 32.2. The van der Waals surface area contributed by atoms with E-state index in [-0.39, 0.29) is 17.1 Å². The average Bonchev–Trinajstić information content (AvgIpc) is 2.98. The van der Waals surface area contributed by atoms with Crippen LogP contribution in [0.1, 0.15) is 25.3 Å². The van der Waals surface area contributed by atoms with Crippen LogP contribution in [-0.4, -0.2) is 24.6 Å². The second kappa shape index (κ2) is 8.19. The first-order valence-electron chi connectivity index (χ1n) is 8.86. The molecule has 0 aliphatic heterocycles. The van der Waals surface area contributed by atoms with Gasteiger partial charge in [0.1, 0.15) is 0 Å². The van der Waals surface area contributed by atoms with Gasteiger partial charge in [0.15, 0.2) is 14.6 Å². The van der Waals surface area contributed by atoms with Crippen LogP contribution in [0.5, 0.6) is 0 Å². The Hall–Kier alpha value is -2.25. The lowest BCUT2D eigenvalue weighted by Crippen LogP contribution is -2.18. The number of aryl methyl sites for hydroxylation is 2. The summed E-state index contributed by atoms with van der Waals surface area (Å²) in [5, 5.41) is 0. The summed E-state index contributed by atoms with van der Waals surface area (Å²) in [6, 6.07) is 14.6. The summed E-state index contributed by atoms with van der Waals surface area (Å²) < 4.78 is 27.9. The Morgan fingerprint density at radius 3 is 2.52 bits per heavy atom. The first-order valence-corrected chi connectivity index (χ1v) is 11.3. The van der Waals surface area contributed by atoms with Crippen molar-refractivity contribution >= 4 is 37.3 Å². The Balaban J connectivity index is 1.82. The van der Waals surface area contributed by atoms with Gasteiger partial charge < -0.3 is 4.57 Å². The molecule has 7 heteroatoms.